The summed E-state index contributed by atoms with van der Waals surface area (Å²) in [5, 5.41) is 11.7. The number of aromatic nitrogens is 1. The summed E-state index contributed by atoms with van der Waals surface area (Å²) in [6.07, 6.45) is 0. The molecule has 5 nitrogen and oxygen atoms in total. The Kier molecular flexibility index (Phi) is 4.33. The van der Waals surface area contributed by atoms with Crippen LogP contribution in [0.1, 0.15) is 37.7 Å². The van der Waals surface area contributed by atoms with E-state index in [1.807, 2.05) is 31.2 Å². The maximum absolute atomic E-state index is 12.0. The highest BCUT2D eigenvalue weighted by Crippen LogP contribution is 2.08. The Morgan fingerprint density at radius 3 is 2.33 bits per heavy atom. The number of aryl methyl sites for hydroxylation is 2. The highest BCUT2D eigenvalue weighted by molar-refractivity contribution is 5.94. The van der Waals surface area contributed by atoms with Crippen molar-refractivity contribution in [3.05, 3.63) is 64.5 Å². The van der Waals surface area contributed by atoms with E-state index in [0.717, 1.165) is 11.1 Å². The van der Waals surface area contributed by atoms with Crippen molar-refractivity contribution in [2.75, 3.05) is 0 Å². The van der Waals surface area contributed by atoms with Crippen LogP contribution in [0.25, 0.3) is 0 Å². The average Bonchev–Trinajstić information content (AvgIpc) is 2.45. The van der Waals surface area contributed by atoms with E-state index in [0.29, 0.717) is 12.2 Å². The van der Waals surface area contributed by atoms with E-state index in [4.69, 9.17) is 5.11 Å². The second kappa shape index (κ2) is 6.17. The molecule has 1 aromatic heterocycles. The number of carbonyl (C=O) groups excluding carboxylic acids is 1. The van der Waals surface area contributed by atoms with Gasteiger partial charge in [0.05, 0.1) is 11.3 Å². The number of nitrogens with one attached hydrogen (secondary N) is 1. The highest BCUT2D eigenvalue weighted by atomic mass is 16.4. The molecular weight excluding hydrogens is 268 g/mol. The van der Waals surface area contributed by atoms with Crippen molar-refractivity contribution in [1.29, 1.82) is 0 Å². The second-order valence-corrected chi connectivity index (χ2v) is 4.80. The van der Waals surface area contributed by atoms with Gasteiger partial charge in [0.25, 0.3) is 5.91 Å². The number of hydrogen-bond donors (Lipinski definition) is 2. The molecule has 108 valence electrons. The molecule has 0 bridgehead atoms. The monoisotopic (exact) mass is 284 g/mol. The van der Waals surface area contributed by atoms with Crippen LogP contribution in [0.3, 0.4) is 0 Å². The first-order valence-electron chi connectivity index (χ1n) is 6.52. The minimum absolute atomic E-state index is 0.102. The molecule has 0 saturated heterocycles. The summed E-state index contributed by atoms with van der Waals surface area (Å²) in [6, 6.07) is 10.7. The van der Waals surface area contributed by atoms with Crippen LogP contribution in [-0.4, -0.2) is 22.0 Å². The first kappa shape index (κ1) is 14.7. The fourth-order valence-corrected chi connectivity index (χ4v) is 1.89. The molecular formula is C16H16N2O3. The van der Waals surface area contributed by atoms with Gasteiger partial charge in [-0.3, -0.25) is 4.79 Å². The van der Waals surface area contributed by atoms with Gasteiger partial charge in [0.15, 0.2) is 0 Å². The van der Waals surface area contributed by atoms with E-state index in [1.54, 1.807) is 6.92 Å². The van der Waals surface area contributed by atoms with Gasteiger partial charge in [0.1, 0.15) is 5.69 Å². The van der Waals surface area contributed by atoms with Gasteiger partial charge in [-0.1, -0.05) is 29.8 Å². The van der Waals surface area contributed by atoms with E-state index in [9.17, 15) is 9.59 Å². The number of carbonyl (C=O) groups is 2. The van der Waals surface area contributed by atoms with Gasteiger partial charge in [0.2, 0.25) is 0 Å². The summed E-state index contributed by atoms with van der Waals surface area (Å²) < 4.78 is 0. The zero-order chi connectivity index (χ0) is 15.4. The lowest BCUT2D eigenvalue weighted by atomic mass is 10.1. The molecule has 1 amide bonds. The molecule has 5 heteroatoms. The Morgan fingerprint density at radius 1 is 1.10 bits per heavy atom. The SMILES string of the molecule is Cc1ccc(CNC(=O)c2ccc(C(=O)O)c(C)n2)cc1. The van der Waals surface area contributed by atoms with Gasteiger partial charge in [-0.05, 0) is 31.5 Å². The number of carboxylic acid groups (broad SMARTS) is 1. The van der Waals surface area contributed by atoms with Crippen LogP contribution in [0.5, 0.6) is 0 Å². The van der Waals surface area contributed by atoms with Gasteiger partial charge >= 0.3 is 5.97 Å². The molecule has 0 atom stereocenters. The van der Waals surface area contributed by atoms with Crippen molar-refractivity contribution in [3.8, 4) is 0 Å². The number of hydrogen-bond acceptors (Lipinski definition) is 3. The Balaban J connectivity index is 2.05. The highest BCUT2D eigenvalue weighted by Gasteiger charge is 2.12. The molecule has 0 aliphatic heterocycles. The van der Waals surface area contributed by atoms with Crippen LogP contribution >= 0.6 is 0 Å². The summed E-state index contributed by atoms with van der Waals surface area (Å²) in [7, 11) is 0. The third kappa shape index (κ3) is 3.66. The topological polar surface area (TPSA) is 79.3 Å². The first-order valence-corrected chi connectivity index (χ1v) is 6.52. The molecule has 21 heavy (non-hydrogen) atoms. The standard InChI is InChI=1S/C16H16N2O3/c1-10-3-5-12(6-4-10)9-17-15(19)14-8-7-13(16(20)21)11(2)18-14/h3-8H,9H2,1-2H3,(H,17,19)(H,20,21). The van der Waals surface area contributed by atoms with Crippen molar-refractivity contribution < 1.29 is 14.7 Å². The number of pyridine rings is 1. The van der Waals surface area contributed by atoms with Gasteiger partial charge in [-0.2, -0.15) is 0 Å². The van der Waals surface area contributed by atoms with Crippen LogP contribution in [0, 0.1) is 13.8 Å². The molecule has 2 N–H and O–H groups in total. The molecule has 0 fully saturated rings. The molecule has 0 spiro atoms. The third-order valence-electron chi connectivity index (χ3n) is 3.12. The largest absolute Gasteiger partial charge is 0.478 e. The predicted molar refractivity (Wildman–Crippen MR) is 78.3 cm³/mol. The fourth-order valence-electron chi connectivity index (χ4n) is 1.89. The number of amides is 1. The molecule has 0 aliphatic rings. The first-order chi connectivity index (χ1) is 9.97. The number of carboxylic acids is 1. The summed E-state index contributed by atoms with van der Waals surface area (Å²) in [5.41, 5.74) is 2.79. The van der Waals surface area contributed by atoms with E-state index in [-0.39, 0.29) is 17.2 Å². The number of aromatic carboxylic acids is 1. The third-order valence-corrected chi connectivity index (χ3v) is 3.12. The van der Waals surface area contributed by atoms with Crippen LogP contribution in [-0.2, 0) is 6.54 Å². The molecule has 1 heterocycles. The van der Waals surface area contributed by atoms with E-state index in [1.165, 1.54) is 12.1 Å². The van der Waals surface area contributed by atoms with Crippen molar-refractivity contribution in [1.82, 2.24) is 10.3 Å². The lowest BCUT2D eigenvalue weighted by molar-refractivity contribution is 0.0694. The quantitative estimate of drug-likeness (QED) is 0.903. The van der Waals surface area contributed by atoms with Crippen molar-refractivity contribution in [2.45, 2.75) is 20.4 Å². The Labute approximate surface area is 122 Å². The number of rotatable bonds is 4. The minimum atomic E-state index is -1.05. The summed E-state index contributed by atoms with van der Waals surface area (Å²) in [6.45, 7) is 3.97. The van der Waals surface area contributed by atoms with E-state index < -0.39 is 5.97 Å². The van der Waals surface area contributed by atoms with Gasteiger partial charge in [-0.15, -0.1) is 0 Å². The van der Waals surface area contributed by atoms with Crippen LogP contribution in [0.4, 0.5) is 0 Å². The van der Waals surface area contributed by atoms with Crippen molar-refractivity contribution in [2.24, 2.45) is 0 Å². The fraction of sp³-hybridized carbons (Fsp3) is 0.188. The zero-order valence-electron chi connectivity index (χ0n) is 11.9. The summed E-state index contributed by atoms with van der Waals surface area (Å²) in [4.78, 5) is 26.9. The Hall–Kier alpha value is -2.69. The van der Waals surface area contributed by atoms with E-state index >= 15 is 0 Å². The molecule has 0 aliphatic carbocycles. The van der Waals surface area contributed by atoms with E-state index in [2.05, 4.69) is 10.3 Å². The molecule has 0 saturated carbocycles. The molecule has 2 rings (SSSR count). The van der Waals surface area contributed by atoms with Crippen LogP contribution in [0.15, 0.2) is 36.4 Å². The maximum Gasteiger partial charge on any atom is 0.337 e. The predicted octanol–water partition coefficient (Wildman–Crippen LogP) is 2.33. The molecule has 0 radical (unpaired) electrons. The maximum atomic E-state index is 12.0. The zero-order valence-corrected chi connectivity index (χ0v) is 11.9. The molecule has 1 aromatic carbocycles. The lowest BCUT2D eigenvalue weighted by Crippen LogP contribution is -2.24. The summed E-state index contributed by atoms with van der Waals surface area (Å²) >= 11 is 0. The number of benzene rings is 1. The van der Waals surface area contributed by atoms with Gasteiger partial charge < -0.3 is 10.4 Å². The lowest BCUT2D eigenvalue weighted by Gasteiger charge is -2.07. The summed E-state index contributed by atoms with van der Waals surface area (Å²) in [5.74, 6) is -1.37. The van der Waals surface area contributed by atoms with Crippen LogP contribution < -0.4 is 5.32 Å². The van der Waals surface area contributed by atoms with Crippen molar-refractivity contribution in [3.63, 3.8) is 0 Å². The Morgan fingerprint density at radius 2 is 1.76 bits per heavy atom. The molecule has 0 unspecified atom stereocenters. The second-order valence-electron chi connectivity index (χ2n) is 4.80. The van der Waals surface area contributed by atoms with Crippen molar-refractivity contribution >= 4 is 11.9 Å². The van der Waals surface area contributed by atoms with Gasteiger partial charge in [0, 0.05) is 6.54 Å². The van der Waals surface area contributed by atoms with Gasteiger partial charge in [-0.25, -0.2) is 9.78 Å². The Bertz CT molecular complexity index is 678. The van der Waals surface area contributed by atoms with Crippen LogP contribution in [0.2, 0.25) is 0 Å². The smallest absolute Gasteiger partial charge is 0.337 e. The number of nitrogens with zero attached hydrogens (tertiary/aromatic N) is 1. The minimum Gasteiger partial charge on any atom is -0.478 e. The average molecular weight is 284 g/mol. The molecule has 2 aromatic rings. The normalized spacial score (nSPS) is 10.2.